The van der Waals surface area contributed by atoms with E-state index in [0.29, 0.717) is 5.69 Å². The molecule has 0 aliphatic carbocycles. The molecule has 1 aromatic rings. The number of nitrogens with one attached hydrogen (secondary N) is 2. The highest BCUT2D eigenvalue weighted by Gasteiger charge is 2.01. The van der Waals surface area contributed by atoms with Crippen LogP contribution in [0, 0.1) is 0 Å². The largest absolute Gasteiger partial charge is 0.370 e. The lowest BCUT2D eigenvalue weighted by Gasteiger charge is -2.05. The number of hydrogen-bond acceptors (Lipinski definition) is 3. The number of carbonyl (C=O) groups is 1. The van der Waals surface area contributed by atoms with Crippen molar-refractivity contribution >= 4 is 41.5 Å². The molecule has 0 aliphatic heterocycles. The molecular weight excluding hydrogens is 321 g/mol. The predicted octanol–water partition coefficient (Wildman–Crippen LogP) is 0.172. The van der Waals surface area contributed by atoms with Gasteiger partial charge in [-0.25, -0.2) is 0 Å². The van der Waals surface area contributed by atoms with Crippen molar-refractivity contribution < 1.29 is 4.79 Å². The number of halogens is 1. The molecule has 1 amide bonds. The number of rotatable bonds is 3. The number of aliphatic imine (C=N–C) groups is 1. The Morgan fingerprint density at radius 1 is 1.62 bits per heavy atom. The number of amides is 1. The number of aromatic nitrogens is 1. The summed E-state index contributed by atoms with van der Waals surface area (Å²) in [6, 6.07) is 3.49. The molecule has 7 heteroatoms. The molecule has 0 spiro atoms. The monoisotopic (exact) mass is 335 g/mol. The number of guanidine groups is 1. The SMILES string of the molecule is CN=C(N)NCC(=O)Nc1cccnc1.I. The van der Waals surface area contributed by atoms with E-state index in [-0.39, 0.29) is 42.4 Å². The topological polar surface area (TPSA) is 92.4 Å². The van der Waals surface area contributed by atoms with E-state index in [1.165, 1.54) is 0 Å². The van der Waals surface area contributed by atoms with Crippen LogP contribution in [-0.4, -0.2) is 30.4 Å². The summed E-state index contributed by atoms with van der Waals surface area (Å²) >= 11 is 0. The Hall–Kier alpha value is -1.38. The molecule has 4 N–H and O–H groups in total. The molecule has 0 aliphatic rings. The van der Waals surface area contributed by atoms with Gasteiger partial charge in [-0.15, -0.1) is 24.0 Å². The van der Waals surface area contributed by atoms with E-state index < -0.39 is 0 Å². The maximum Gasteiger partial charge on any atom is 0.243 e. The fraction of sp³-hybridized carbons (Fsp3) is 0.222. The fourth-order valence-electron chi connectivity index (χ4n) is 0.892. The van der Waals surface area contributed by atoms with Crippen LogP contribution < -0.4 is 16.4 Å². The average Bonchev–Trinajstić information content (AvgIpc) is 2.27. The molecule has 0 saturated carbocycles. The molecule has 1 aromatic heterocycles. The summed E-state index contributed by atoms with van der Waals surface area (Å²) in [5.41, 5.74) is 6.01. The van der Waals surface area contributed by atoms with Crippen molar-refractivity contribution in [1.29, 1.82) is 0 Å². The van der Waals surface area contributed by atoms with Crippen LogP contribution in [0.15, 0.2) is 29.5 Å². The zero-order chi connectivity index (χ0) is 11.1. The first-order valence-corrected chi connectivity index (χ1v) is 4.38. The second-order valence-electron chi connectivity index (χ2n) is 2.75. The molecule has 0 fully saturated rings. The number of nitrogens with two attached hydrogens (primary N) is 1. The van der Waals surface area contributed by atoms with E-state index in [1.54, 1.807) is 31.6 Å². The van der Waals surface area contributed by atoms with Crippen molar-refractivity contribution in [3.8, 4) is 0 Å². The van der Waals surface area contributed by atoms with Crippen LogP contribution in [0.4, 0.5) is 5.69 Å². The molecule has 1 rings (SSSR count). The van der Waals surface area contributed by atoms with Crippen LogP contribution >= 0.6 is 24.0 Å². The Bertz CT molecular complexity index is 354. The van der Waals surface area contributed by atoms with E-state index >= 15 is 0 Å². The van der Waals surface area contributed by atoms with Gasteiger partial charge in [-0.1, -0.05) is 0 Å². The van der Waals surface area contributed by atoms with Crippen molar-refractivity contribution in [2.45, 2.75) is 0 Å². The number of pyridine rings is 1. The minimum Gasteiger partial charge on any atom is -0.370 e. The molecule has 6 nitrogen and oxygen atoms in total. The number of carbonyl (C=O) groups excluding carboxylic acids is 1. The summed E-state index contributed by atoms with van der Waals surface area (Å²) in [5.74, 6) is 0.0333. The molecular formula is C9H14IN5O. The molecule has 88 valence electrons. The summed E-state index contributed by atoms with van der Waals surface area (Å²) in [6.07, 6.45) is 3.20. The lowest BCUT2D eigenvalue weighted by molar-refractivity contribution is -0.115. The maximum absolute atomic E-state index is 11.3. The average molecular weight is 335 g/mol. The van der Waals surface area contributed by atoms with Crippen molar-refractivity contribution in [3.63, 3.8) is 0 Å². The Labute approximate surface area is 111 Å². The fourth-order valence-corrected chi connectivity index (χ4v) is 0.892. The van der Waals surface area contributed by atoms with Crippen LogP contribution in [0.2, 0.25) is 0 Å². The van der Waals surface area contributed by atoms with Crippen molar-refractivity contribution in [3.05, 3.63) is 24.5 Å². The second kappa shape index (κ2) is 7.85. The molecule has 16 heavy (non-hydrogen) atoms. The van der Waals surface area contributed by atoms with Gasteiger partial charge in [-0.05, 0) is 12.1 Å². The number of nitrogens with zero attached hydrogens (tertiary/aromatic N) is 2. The van der Waals surface area contributed by atoms with E-state index in [4.69, 9.17) is 5.73 Å². The van der Waals surface area contributed by atoms with Gasteiger partial charge in [-0.2, -0.15) is 0 Å². The quantitative estimate of drug-likeness (QED) is 0.417. The summed E-state index contributed by atoms with van der Waals surface area (Å²) in [4.78, 5) is 18.8. The van der Waals surface area contributed by atoms with E-state index in [2.05, 4.69) is 20.6 Å². The van der Waals surface area contributed by atoms with E-state index in [0.717, 1.165) is 0 Å². The summed E-state index contributed by atoms with van der Waals surface area (Å²) in [7, 11) is 1.54. The molecule has 0 atom stereocenters. The van der Waals surface area contributed by atoms with Gasteiger partial charge in [0.15, 0.2) is 5.96 Å². The zero-order valence-electron chi connectivity index (χ0n) is 8.80. The molecule has 1 heterocycles. The van der Waals surface area contributed by atoms with Crippen LogP contribution in [-0.2, 0) is 4.79 Å². The van der Waals surface area contributed by atoms with Gasteiger partial charge in [-0.3, -0.25) is 14.8 Å². The minimum atomic E-state index is -0.199. The summed E-state index contributed by atoms with van der Waals surface area (Å²) in [6.45, 7) is 0.0814. The zero-order valence-corrected chi connectivity index (χ0v) is 11.1. The minimum absolute atomic E-state index is 0. The first-order chi connectivity index (χ1) is 7.22. The lowest BCUT2D eigenvalue weighted by Crippen LogP contribution is -2.37. The normalized spacial score (nSPS) is 10.2. The predicted molar refractivity (Wildman–Crippen MR) is 73.8 cm³/mol. The lowest BCUT2D eigenvalue weighted by atomic mass is 10.4. The summed E-state index contributed by atoms with van der Waals surface area (Å²) < 4.78 is 0. The van der Waals surface area contributed by atoms with Gasteiger partial charge in [0.1, 0.15) is 0 Å². The Morgan fingerprint density at radius 2 is 2.38 bits per heavy atom. The van der Waals surface area contributed by atoms with Crippen LogP contribution in [0.3, 0.4) is 0 Å². The highest BCUT2D eigenvalue weighted by Crippen LogP contribution is 2.01. The van der Waals surface area contributed by atoms with E-state index in [9.17, 15) is 4.79 Å². The van der Waals surface area contributed by atoms with Crippen LogP contribution in [0.1, 0.15) is 0 Å². The molecule has 0 radical (unpaired) electrons. The standard InChI is InChI=1S/C9H13N5O.HI/c1-11-9(10)13-6-8(15)14-7-3-2-4-12-5-7;/h2-5H,6H2,1H3,(H,14,15)(H3,10,11,13);1H. The molecule has 0 unspecified atom stereocenters. The van der Waals surface area contributed by atoms with Crippen LogP contribution in [0.25, 0.3) is 0 Å². The van der Waals surface area contributed by atoms with Crippen molar-refractivity contribution in [2.75, 3.05) is 18.9 Å². The van der Waals surface area contributed by atoms with Crippen molar-refractivity contribution in [1.82, 2.24) is 10.3 Å². The number of hydrogen-bond donors (Lipinski definition) is 3. The van der Waals surface area contributed by atoms with Gasteiger partial charge in [0.2, 0.25) is 5.91 Å². The molecule has 0 saturated heterocycles. The third kappa shape index (κ3) is 5.49. The van der Waals surface area contributed by atoms with Crippen LogP contribution in [0.5, 0.6) is 0 Å². The van der Waals surface area contributed by atoms with Gasteiger partial charge in [0, 0.05) is 13.2 Å². The van der Waals surface area contributed by atoms with Crippen molar-refractivity contribution in [2.24, 2.45) is 10.7 Å². The van der Waals surface area contributed by atoms with Gasteiger partial charge in [0.05, 0.1) is 18.4 Å². The first-order valence-electron chi connectivity index (χ1n) is 4.38. The summed E-state index contributed by atoms with van der Waals surface area (Å²) in [5, 5.41) is 5.29. The number of anilines is 1. The van der Waals surface area contributed by atoms with Gasteiger partial charge >= 0.3 is 0 Å². The first kappa shape index (κ1) is 14.6. The Balaban J connectivity index is 0.00000225. The Morgan fingerprint density at radius 3 is 2.94 bits per heavy atom. The third-order valence-corrected chi connectivity index (χ3v) is 1.62. The third-order valence-electron chi connectivity index (χ3n) is 1.62. The molecule has 0 aromatic carbocycles. The van der Waals surface area contributed by atoms with Gasteiger partial charge in [0.25, 0.3) is 0 Å². The highest BCUT2D eigenvalue weighted by atomic mass is 127. The smallest absolute Gasteiger partial charge is 0.243 e. The second-order valence-corrected chi connectivity index (χ2v) is 2.75. The van der Waals surface area contributed by atoms with E-state index in [1.807, 2.05) is 0 Å². The maximum atomic E-state index is 11.3. The Kier molecular flexibility index (Phi) is 7.18. The molecule has 0 bridgehead atoms. The van der Waals surface area contributed by atoms with Gasteiger partial charge < -0.3 is 16.4 Å². The highest BCUT2D eigenvalue weighted by molar-refractivity contribution is 14.0.